The molecule has 5 heteroatoms. The Morgan fingerprint density at radius 2 is 1.79 bits per heavy atom. The number of fused-ring (bicyclic) bond motifs is 3. The van der Waals surface area contributed by atoms with Gasteiger partial charge in [0.05, 0.1) is 27.2 Å². The van der Waals surface area contributed by atoms with Gasteiger partial charge in [-0.3, -0.25) is 4.79 Å². The number of aryl methyl sites for hydroxylation is 3. The van der Waals surface area contributed by atoms with E-state index in [2.05, 4.69) is 6.07 Å². The van der Waals surface area contributed by atoms with E-state index in [0.29, 0.717) is 22.6 Å². The molecule has 28 heavy (non-hydrogen) atoms. The largest absolute Gasteiger partial charge is 0.462 e. The highest BCUT2D eigenvalue weighted by Crippen LogP contribution is 2.40. The zero-order valence-corrected chi connectivity index (χ0v) is 17.1. The normalized spacial score (nSPS) is 11.3. The highest BCUT2D eigenvalue weighted by molar-refractivity contribution is 7.21. The van der Waals surface area contributed by atoms with E-state index < -0.39 is 0 Å². The van der Waals surface area contributed by atoms with Gasteiger partial charge >= 0.3 is 5.97 Å². The van der Waals surface area contributed by atoms with E-state index in [0.717, 1.165) is 32.4 Å². The second kappa shape index (κ2) is 6.91. The quantitative estimate of drug-likeness (QED) is 0.341. The third-order valence-electron chi connectivity index (χ3n) is 4.93. The average Bonchev–Trinajstić information content (AvgIpc) is 3.17. The van der Waals surface area contributed by atoms with Crippen LogP contribution in [0.2, 0.25) is 0 Å². The number of rotatable bonds is 4. The molecule has 0 saturated carbocycles. The van der Waals surface area contributed by atoms with E-state index >= 15 is 0 Å². The number of nitrogens with zero attached hydrogens (tertiary/aromatic N) is 1. The number of esters is 1. The Labute approximate surface area is 167 Å². The van der Waals surface area contributed by atoms with Crippen LogP contribution >= 0.6 is 11.3 Å². The molecule has 0 fully saturated rings. The first-order valence-electron chi connectivity index (χ1n) is 9.25. The second-order valence-electron chi connectivity index (χ2n) is 6.94. The van der Waals surface area contributed by atoms with Crippen LogP contribution in [0.1, 0.15) is 49.2 Å². The predicted octanol–water partition coefficient (Wildman–Crippen LogP) is 5.49. The van der Waals surface area contributed by atoms with Crippen molar-refractivity contribution in [3.8, 4) is 0 Å². The van der Waals surface area contributed by atoms with Gasteiger partial charge in [-0.25, -0.2) is 4.79 Å². The summed E-state index contributed by atoms with van der Waals surface area (Å²) in [7, 11) is 0. The third-order valence-corrected chi connectivity index (χ3v) is 6.23. The van der Waals surface area contributed by atoms with Crippen LogP contribution in [0.3, 0.4) is 0 Å². The minimum Gasteiger partial charge on any atom is -0.462 e. The zero-order valence-electron chi connectivity index (χ0n) is 16.3. The average molecular weight is 391 g/mol. The molecule has 4 rings (SSSR count). The van der Waals surface area contributed by atoms with Crippen LogP contribution in [0, 0.1) is 20.8 Å². The molecule has 1 aromatic carbocycles. The fraction of sp³-hybridized carbons (Fsp3) is 0.217. The summed E-state index contributed by atoms with van der Waals surface area (Å²) in [5, 5.41) is 0. The summed E-state index contributed by atoms with van der Waals surface area (Å²) in [6.45, 7) is 8.09. The first kappa shape index (κ1) is 18.4. The van der Waals surface area contributed by atoms with Crippen LogP contribution in [-0.2, 0) is 4.74 Å². The number of carbonyl (C=O) groups is 2. The van der Waals surface area contributed by atoms with E-state index in [1.165, 1.54) is 11.3 Å². The minimum absolute atomic E-state index is 0.0211. The third kappa shape index (κ3) is 2.74. The van der Waals surface area contributed by atoms with Gasteiger partial charge < -0.3 is 9.14 Å². The monoisotopic (exact) mass is 391 g/mol. The fourth-order valence-corrected chi connectivity index (χ4v) is 5.10. The Morgan fingerprint density at radius 1 is 1.07 bits per heavy atom. The zero-order chi connectivity index (χ0) is 20.0. The molecular formula is C23H21NO3S. The van der Waals surface area contributed by atoms with Crippen molar-refractivity contribution in [1.29, 1.82) is 0 Å². The van der Waals surface area contributed by atoms with E-state index in [1.54, 1.807) is 6.92 Å². The van der Waals surface area contributed by atoms with Gasteiger partial charge in [-0.15, -0.1) is 11.3 Å². The van der Waals surface area contributed by atoms with Crippen molar-refractivity contribution in [3.63, 3.8) is 0 Å². The first-order valence-corrected chi connectivity index (χ1v) is 10.1. The number of thiophene rings is 1. The fourth-order valence-electron chi connectivity index (χ4n) is 3.80. The Bertz CT molecular complexity index is 1230. The molecule has 4 nitrogen and oxygen atoms in total. The second-order valence-corrected chi connectivity index (χ2v) is 7.96. The van der Waals surface area contributed by atoms with E-state index in [1.807, 2.05) is 61.7 Å². The smallest absolute Gasteiger partial charge is 0.341 e. The van der Waals surface area contributed by atoms with Crippen LogP contribution in [0.5, 0.6) is 0 Å². The number of ketones is 1. The van der Waals surface area contributed by atoms with Crippen LogP contribution in [-0.4, -0.2) is 22.8 Å². The molecule has 0 radical (unpaired) electrons. The van der Waals surface area contributed by atoms with Gasteiger partial charge in [-0.2, -0.15) is 0 Å². The summed E-state index contributed by atoms with van der Waals surface area (Å²) in [5.41, 5.74) is 5.97. The standard InChI is InChI=1S/C23H21NO3S/c1-5-27-23(26)17-18-14(3)11-13(2)12-24(18)19-15(4)21(28-22(17)19)20(25)16-9-7-6-8-10-16/h6-12H,5H2,1-4H3. The predicted molar refractivity (Wildman–Crippen MR) is 113 cm³/mol. The Morgan fingerprint density at radius 3 is 2.46 bits per heavy atom. The van der Waals surface area contributed by atoms with Gasteiger partial charge in [-0.05, 0) is 44.4 Å². The Balaban J connectivity index is 2.06. The number of hydrogen-bond acceptors (Lipinski definition) is 4. The molecule has 0 aliphatic rings. The lowest BCUT2D eigenvalue weighted by atomic mass is 10.1. The van der Waals surface area contributed by atoms with Gasteiger partial charge in [0.1, 0.15) is 5.56 Å². The van der Waals surface area contributed by atoms with Crippen molar-refractivity contribution in [2.75, 3.05) is 6.61 Å². The molecule has 142 valence electrons. The van der Waals surface area contributed by atoms with Gasteiger partial charge in [0.2, 0.25) is 5.78 Å². The van der Waals surface area contributed by atoms with Crippen LogP contribution in [0.15, 0.2) is 42.6 Å². The molecule has 4 aromatic rings. The molecule has 0 unspecified atom stereocenters. The summed E-state index contributed by atoms with van der Waals surface area (Å²) < 4.78 is 8.20. The molecule has 0 amide bonds. The van der Waals surface area contributed by atoms with Gasteiger partial charge in [0, 0.05) is 11.8 Å². The van der Waals surface area contributed by atoms with Gasteiger partial charge in [-0.1, -0.05) is 36.4 Å². The summed E-state index contributed by atoms with van der Waals surface area (Å²) in [5.74, 6) is -0.367. The van der Waals surface area contributed by atoms with Crippen LogP contribution in [0.4, 0.5) is 0 Å². The summed E-state index contributed by atoms with van der Waals surface area (Å²) in [6, 6.07) is 11.3. The van der Waals surface area contributed by atoms with E-state index in [-0.39, 0.29) is 11.8 Å². The highest BCUT2D eigenvalue weighted by atomic mass is 32.1. The van der Waals surface area contributed by atoms with Gasteiger partial charge in [0.15, 0.2) is 0 Å². The van der Waals surface area contributed by atoms with Crippen molar-refractivity contribution in [3.05, 3.63) is 75.3 Å². The van der Waals surface area contributed by atoms with Crippen molar-refractivity contribution in [2.24, 2.45) is 0 Å². The number of carbonyl (C=O) groups excluding carboxylic acids is 2. The van der Waals surface area contributed by atoms with Crippen molar-refractivity contribution < 1.29 is 14.3 Å². The number of pyridine rings is 1. The maximum Gasteiger partial charge on any atom is 0.341 e. The Kier molecular flexibility index (Phi) is 4.55. The molecule has 0 spiro atoms. The minimum atomic E-state index is -0.345. The summed E-state index contributed by atoms with van der Waals surface area (Å²) in [4.78, 5) is 26.6. The number of aromatic nitrogens is 1. The number of ether oxygens (including phenoxy) is 1. The molecule has 0 atom stereocenters. The van der Waals surface area contributed by atoms with Crippen molar-refractivity contribution >= 4 is 38.8 Å². The topological polar surface area (TPSA) is 47.8 Å². The number of hydrogen-bond donors (Lipinski definition) is 0. The van der Waals surface area contributed by atoms with Crippen LogP contribution < -0.4 is 0 Å². The molecule has 0 aliphatic carbocycles. The maximum absolute atomic E-state index is 13.1. The molecule has 0 saturated heterocycles. The lowest BCUT2D eigenvalue weighted by molar-refractivity contribution is 0.0531. The molecule has 0 aliphatic heterocycles. The highest BCUT2D eigenvalue weighted by Gasteiger charge is 2.27. The number of benzene rings is 1. The summed E-state index contributed by atoms with van der Waals surface area (Å²) in [6.07, 6.45) is 2.02. The van der Waals surface area contributed by atoms with Crippen LogP contribution in [0.25, 0.3) is 15.7 Å². The van der Waals surface area contributed by atoms with E-state index in [4.69, 9.17) is 4.74 Å². The summed E-state index contributed by atoms with van der Waals surface area (Å²) >= 11 is 1.38. The molecule has 3 aromatic heterocycles. The molecule has 3 heterocycles. The molecular weight excluding hydrogens is 370 g/mol. The van der Waals surface area contributed by atoms with Crippen molar-refractivity contribution in [1.82, 2.24) is 4.40 Å². The maximum atomic E-state index is 13.1. The lowest BCUT2D eigenvalue weighted by Gasteiger charge is -2.07. The molecule has 0 bridgehead atoms. The lowest BCUT2D eigenvalue weighted by Crippen LogP contribution is -2.05. The molecule has 0 N–H and O–H groups in total. The first-order chi connectivity index (χ1) is 13.4. The Hall–Kier alpha value is -2.92. The van der Waals surface area contributed by atoms with Gasteiger partial charge in [0.25, 0.3) is 0 Å². The van der Waals surface area contributed by atoms with E-state index in [9.17, 15) is 9.59 Å². The SMILES string of the molecule is CCOC(=O)c1c2sc(C(=O)c3ccccc3)c(C)c2n2cc(C)cc(C)c12. The van der Waals surface area contributed by atoms with Crippen molar-refractivity contribution in [2.45, 2.75) is 27.7 Å².